The SMILES string of the molecule is C.C.[CH-]=C(C(=[CH-])c1ccc(S(C)(=O)=O)cc1)c1ccc(F)cc1.[CH-]=C(C(=[CH-])c1ccc(S(N)(=O)=O)cc1)c1ccc(F)cc1.[Y].[Y]. The average molecular weight is 812 g/mol. The standard InChI is InChI=1S/C17H13FO2S.C16H12FNO2S.2CH4.2Y/c1-12(14-4-8-16(18)9-5-14)13(2)15-6-10-17(11-7-15)21(3,19)20;1-11(13-3-7-15(17)8-4-13)12(2)14-5-9-16(10-6-14)21(18,19)20;;;;/h1-2,4-11H,3H3;1-10H,(H2,18,19,20);2*1H4;;/q2*-2;;;;. The number of hydrogen-bond donors (Lipinski definition) is 1. The first-order valence-corrected chi connectivity index (χ1v) is 15.5. The summed E-state index contributed by atoms with van der Waals surface area (Å²) in [5.41, 5.74) is 3.48. The summed E-state index contributed by atoms with van der Waals surface area (Å²) >= 11 is 0. The van der Waals surface area contributed by atoms with Gasteiger partial charge in [-0.3, -0.25) is 48.6 Å². The Morgan fingerprint density at radius 3 is 0.935 bits per heavy atom. The summed E-state index contributed by atoms with van der Waals surface area (Å²) in [6.07, 6.45) is 1.13. The third-order valence-electron chi connectivity index (χ3n) is 5.98. The number of sulfonamides is 1. The minimum absolute atomic E-state index is 0. The van der Waals surface area contributed by atoms with Gasteiger partial charge in [-0.1, -0.05) is 39.1 Å². The fourth-order valence-electron chi connectivity index (χ4n) is 3.59. The normalized spacial score (nSPS) is 10.2. The van der Waals surface area contributed by atoms with Crippen molar-refractivity contribution in [3.8, 4) is 0 Å². The first-order chi connectivity index (χ1) is 19.6. The first kappa shape index (κ1) is 45.9. The first-order valence-electron chi connectivity index (χ1n) is 12.0. The molecule has 0 bridgehead atoms. The molecule has 0 heterocycles. The summed E-state index contributed by atoms with van der Waals surface area (Å²) in [6, 6.07) is 23.0. The van der Waals surface area contributed by atoms with Crippen molar-refractivity contribution in [1.29, 1.82) is 0 Å². The zero-order chi connectivity index (χ0) is 31.2. The van der Waals surface area contributed by atoms with Crippen LogP contribution in [0.25, 0.3) is 22.3 Å². The van der Waals surface area contributed by atoms with Crippen LogP contribution in [-0.4, -0.2) is 23.1 Å². The predicted octanol–water partition coefficient (Wildman–Crippen LogP) is 7.64. The molecule has 0 unspecified atom stereocenters. The molecule has 0 aromatic heterocycles. The van der Waals surface area contributed by atoms with Crippen molar-refractivity contribution in [3.63, 3.8) is 0 Å². The van der Waals surface area contributed by atoms with Crippen molar-refractivity contribution in [3.05, 3.63) is 157 Å². The van der Waals surface area contributed by atoms with Crippen LogP contribution in [0.5, 0.6) is 0 Å². The van der Waals surface area contributed by atoms with Gasteiger partial charge in [0.25, 0.3) is 0 Å². The van der Waals surface area contributed by atoms with Gasteiger partial charge in [-0.05, 0) is 24.3 Å². The number of primary sulfonamides is 1. The maximum absolute atomic E-state index is 12.9. The largest absolute Gasteiger partial charge is 0.298 e. The van der Waals surface area contributed by atoms with Crippen molar-refractivity contribution in [2.24, 2.45) is 5.14 Å². The maximum atomic E-state index is 12.9. The smallest absolute Gasteiger partial charge is 0.237 e. The summed E-state index contributed by atoms with van der Waals surface area (Å²) in [4.78, 5) is 0.193. The average Bonchev–Trinajstić information content (AvgIpc) is 2.96. The van der Waals surface area contributed by atoms with Crippen LogP contribution in [0.2, 0.25) is 0 Å². The van der Waals surface area contributed by atoms with Gasteiger partial charge in [0.1, 0.15) is 11.6 Å². The fraction of sp³-hybridized carbons (Fsp3) is 0.0857. The van der Waals surface area contributed by atoms with Crippen LogP contribution in [0.1, 0.15) is 37.1 Å². The van der Waals surface area contributed by atoms with E-state index in [0.29, 0.717) is 33.4 Å². The van der Waals surface area contributed by atoms with Gasteiger partial charge in [-0.25, -0.2) is 30.8 Å². The van der Waals surface area contributed by atoms with Crippen LogP contribution >= 0.6 is 0 Å². The Balaban J connectivity index is 0. The second-order valence-corrected chi connectivity index (χ2v) is 12.6. The third-order valence-corrected chi connectivity index (χ3v) is 8.04. The number of benzene rings is 4. The number of halogens is 2. The molecule has 238 valence electrons. The molecule has 0 aliphatic rings. The van der Waals surface area contributed by atoms with Gasteiger partial charge in [0.15, 0.2) is 9.84 Å². The molecule has 4 aromatic carbocycles. The van der Waals surface area contributed by atoms with Gasteiger partial charge in [-0.2, -0.15) is 22.3 Å². The van der Waals surface area contributed by atoms with Crippen molar-refractivity contribution in [1.82, 2.24) is 0 Å². The molecule has 11 heteroatoms. The van der Waals surface area contributed by atoms with E-state index in [9.17, 15) is 25.6 Å². The molecule has 2 N–H and O–H groups in total. The van der Waals surface area contributed by atoms with Crippen LogP contribution in [0.15, 0.2) is 107 Å². The number of sulfone groups is 1. The van der Waals surface area contributed by atoms with Crippen LogP contribution in [0.3, 0.4) is 0 Å². The molecule has 0 amide bonds. The summed E-state index contributed by atoms with van der Waals surface area (Å²) in [7, 11) is -7.00. The van der Waals surface area contributed by atoms with E-state index in [1.54, 1.807) is 12.1 Å². The molecule has 0 fully saturated rings. The quantitative estimate of drug-likeness (QED) is 0.146. The van der Waals surface area contributed by atoms with Crippen molar-refractivity contribution in [2.45, 2.75) is 24.6 Å². The molecule has 0 spiro atoms. The molecule has 0 saturated heterocycles. The molecule has 4 aromatic rings. The van der Waals surface area contributed by atoms with E-state index in [2.05, 4.69) is 0 Å². The Hall–Kier alpha value is -2.23. The zero-order valence-electron chi connectivity index (χ0n) is 23.5. The van der Waals surface area contributed by atoms with Crippen LogP contribution in [-0.2, 0) is 85.3 Å². The minimum atomic E-state index is -3.75. The van der Waals surface area contributed by atoms with E-state index < -0.39 is 19.9 Å². The van der Waals surface area contributed by atoms with Gasteiger partial charge >= 0.3 is 0 Å². The van der Waals surface area contributed by atoms with Gasteiger partial charge in [-0.15, -0.1) is 48.5 Å². The Labute approximate surface area is 323 Å². The van der Waals surface area contributed by atoms with E-state index in [4.69, 9.17) is 31.5 Å². The molecule has 0 aliphatic carbocycles. The molecule has 4 rings (SSSR count). The molecule has 0 atom stereocenters. The molecule has 46 heavy (non-hydrogen) atoms. The molecule has 2 radical (unpaired) electrons. The molecule has 0 aliphatic heterocycles. The molecular formula is C35H33F2NO4S2Y2-4. The van der Waals surface area contributed by atoms with E-state index in [1.165, 1.54) is 84.9 Å². The fourth-order valence-corrected chi connectivity index (χ4v) is 4.73. The second kappa shape index (κ2) is 19.6. The Kier molecular flexibility index (Phi) is 19.5. The third kappa shape index (κ3) is 12.8. The summed E-state index contributed by atoms with van der Waals surface area (Å²) < 4.78 is 70.9. The topological polar surface area (TPSA) is 94.3 Å². The second-order valence-electron chi connectivity index (χ2n) is 9.03. The van der Waals surface area contributed by atoms with Gasteiger partial charge in [0, 0.05) is 71.7 Å². The molecule has 0 saturated carbocycles. The van der Waals surface area contributed by atoms with E-state index >= 15 is 0 Å². The predicted molar refractivity (Wildman–Crippen MR) is 174 cm³/mol. The number of nitrogens with two attached hydrogens (primary N) is 1. The van der Waals surface area contributed by atoms with E-state index in [-0.39, 0.29) is 113 Å². The Morgan fingerprint density at radius 1 is 0.500 bits per heavy atom. The molecule has 5 nitrogen and oxygen atoms in total. The van der Waals surface area contributed by atoms with Crippen LogP contribution in [0.4, 0.5) is 8.78 Å². The van der Waals surface area contributed by atoms with Crippen molar-refractivity contribution >= 4 is 42.2 Å². The maximum Gasteiger partial charge on any atom is 0.237 e. The van der Waals surface area contributed by atoms with Crippen molar-refractivity contribution < 1.29 is 91.0 Å². The number of allylic oxidation sites excluding steroid dienone is 4. The van der Waals surface area contributed by atoms with Crippen LogP contribution < -0.4 is 5.14 Å². The van der Waals surface area contributed by atoms with Gasteiger partial charge < -0.3 is 0 Å². The van der Waals surface area contributed by atoms with Crippen molar-refractivity contribution in [2.75, 3.05) is 6.26 Å². The number of rotatable bonds is 8. The zero-order valence-corrected chi connectivity index (χ0v) is 30.8. The Morgan fingerprint density at radius 2 is 0.717 bits per heavy atom. The summed E-state index contributed by atoms with van der Waals surface area (Å²) in [5.74, 6) is -0.731. The monoisotopic (exact) mass is 811 g/mol. The van der Waals surface area contributed by atoms with Gasteiger partial charge in [0.05, 0.1) is 9.79 Å². The van der Waals surface area contributed by atoms with Gasteiger partial charge in [0.2, 0.25) is 10.0 Å². The summed E-state index contributed by atoms with van der Waals surface area (Å²) in [5, 5.41) is 5.02. The van der Waals surface area contributed by atoms with E-state index in [1.807, 2.05) is 0 Å². The minimum Gasteiger partial charge on any atom is -0.298 e. The van der Waals surface area contributed by atoms with E-state index in [0.717, 1.165) is 6.26 Å². The summed E-state index contributed by atoms with van der Waals surface area (Å²) in [6.45, 7) is 23.8. The number of hydrogen-bond acceptors (Lipinski definition) is 4. The Bertz CT molecular complexity index is 1730. The van der Waals surface area contributed by atoms with Crippen LogP contribution in [0, 0.1) is 38.0 Å². The molecular weight excluding hydrogens is 778 g/mol.